The molecule has 1 aliphatic rings. The van der Waals surface area contributed by atoms with E-state index in [4.69, 9.17) is 14.5 Å². The SMILES string of the molecule is COc1cc(Cn2c(=O)cnc3cnc(-c4c(OC)ncnc4C4CC4)nc32)ccc1-c1nc(C(F)(F)F)cn1C(C)C. The van der Waals surface area contributed by atoms with Gasteiger partial charge in [-0.15, -0.1) is 0 Å². The Hall–Kier alpha value is -4.88. The van der Waals surface area contributed by atoms with E-state index < -0.39 is 17.4 Å². The summed E-state index contributed by atoms with van der Waals surface area (Å²) in [5, 5.41) is 0. The Morgan fingerprint density at radius 2 is 1.81 bits per heavy atom. The number of rotatable bonds is 8. The Morgan fingerprint density at radius 3 is 2.49 bits per heavy atom. The van der Waals surface area contributed by atoms with Crippen LogP contribution in [0, 0.1) is 0 Å². The highest BCUT2D eigenvalue weighted by Crippen LogP contribution is 2.45. The number of hydrogen-bond acceptors (Lipinski definition) is 9. The molecule has 14 heteroatoms. The lowest BCUT2D eigenvalue weighted by Gasteiger charge is -2.16. The normalized spacial score (nSPS) is 13.6. The van der Waals surface area contributed by atoms with Crippen molar-refractivity contribution in [1.29, 1.82) is 0 Å². The molecule has 0 radical (unpaired) electrons. The van der Waals surface area contributed by atoms with Crippen LogP contribution in [0.3, 0.4) is 0 Å². The number of fused-ring (bicyclic) bond motifs is 1. The summed E-state index contributed by atoms with van der Waals surface area (Å²) in [6.45, 7) is 3.62. The van der Waals surface area contributed by atoms with Crippen molar-refractivity contribution >= 4 is 11.2 Å². The Labute approximate surface area is 243 Å². The van der Waals surface area contributed by atoms with E-state index in [1.165, 1.54) is 42.1 Å². The van der Waals surface area contributed by atoms with E-state index in [-0.39, 0.29) is 24.3 Å². The third kappa shape index (κ3) is 5.28. The summed E-state index contributed by atoms with van der Waals surface area (Å²) in [5.74, 6) is 1.33. The van der Waals surface area contributed by atoms with E-state index in [0.717, 1.165) is 24.7 Å². The van der Waals surface area contributed by atoms with Crippen molar-refractivity contribution in [2.75, 3.05) is 14.2 Å². The molecule has 0 aliphatic heterocycles. The maximum atomic E-state index is 13.5. The second-order valence-electron chi connectivity index (χ2n) is 10.5. The van der Waals surface area contributed by atoms with Crippen LogP contribution in [0.15, 0.2) is 47.9 Å². The van der Waals surface area contributed by atoms with Crippen LogP contribution in [0.4, 0.5) is 13.2 Å². The van der Waals surface area contributed by atoms with Gasteiger partial charge in [0.25, 0.3) is 5.56 Å². The molecule has 0 N–H and O–H groups in total. The van der Waals surface area contributed by atoms with Crippen molar-refractivity contribution in [3.63, 3.8) is 0 Å². The second-order valence-corrected chi connectivity index (χ2v) is 10.5. The molecule has 1 aromatic carbocycles. The number of benzene rings is 1. The molecule has 11 nitrogen and oxygen atoms in total. The van der Waals surface area contributed by atoms with Crippen LogP contribution in [0.25, 0.3) is 33.9 Å². The Morgan fingerprint density at radius 1 is 1.02 bits per heavy atom. The number of hydrogen-bond donors (Lipinski definition) is 0. The molecule has 43 heavy (non-hydrogen) atoms. The summed E-state index contributed by atoms with van der Waals surface area (Å²) in [4.78, 5) is 39.1. The van der Waals surface area contributed by atoms with Crippen LogP contribution in [-0.2, 0) is 12.7 Å². The standard InChI is InChI=1S/C29H27F3N8O3/c1-15(2)39-13-21(29(30,31)32)37-26(39)18-8-5-16(9-20(18)42-3)12-40-22(41)11-33-19-10-34-25(38-27(19)40)23-24(17-6-7-17)35-14-36-28(23)43-4/h5,8-11,13-15,17H,6-7,12H2,1-4H3. The zero-order valence-electron chi connectivity index (χ0n) is 23.8. The molecule has 0 unspecified atom stereocenters. The van der Waals surface area contributed by atoms with Crippen LogP contribution in [0.2, 0.25) is 0 Å². The zero-order valence-corrected chi connectivity index (χ0v) is 23.8. The van der Waals surface area contributed by atoms with Crippen molar-refractivity contribution in [3.8, 4) is 34.4 Å². The lowest BCUT2D eigenvalue weighted by atomic mass is 10.1. The van der Waals surface area contributed by atoms with Gasteiger partial charge in [0.05, 0.1) is 44.4 Å². The van der Waals surface area contributed by atoms with Crippen molar-refractivity contribution in [2.45, 2.75) is 51.4 Å². The van der Waals surface area contributed by atoms with Crippen molar-refractivity contribution in [3.05, 3.63) is 70.4 Å². The molecular formula is C29H27F3N8O3. The topological polar surface area (TPSA) is 123 Å². The first-order chi connectivity index (χ1) is 20.6. The van der Waals surface area contributed by atoms with Gasteiger partial charge in [-0.05, 0) is 44.4 Å². The highest BCUT2D eigenvalue weighted by atomic mass is 19.4. The lowest BCUT2D eigenvalue weighted by molar-refractivity contribution is -0.140. The fraction of sp³-hybridized carbons (Fsp3) is 0.345. The minimum Gasteiger partial charge on any atom is -0.496 e. The van der Waals surface area contributed by atoms with Gasteiger partial charge in [0.2, 0.25) is 5.88 Å². The van der Waals surface area contributed by atoms with Gasteiger partial charge in [-0.3, -0.25) is 9.36 Å². The van der Waals surface area contributed by atoms with Crippen molar-refractivity contribution < 1.29 is 22.6 Å². The smallest absolute Gasteiger partial charge is 0.434 e. The van der Waals surface area contributed by atoms with Gasteiger partial charge in [0.1, 0.15) is 29.0 Å². The molecule has 0 atom stereocenters. The largest absolute Gasteiger partial charge is 0.496 e. The Bertz CT molecular complexity index is 1900. The highest BCUT2D eigenvalue weighted by Gasteiger charge is 2.36. The number of imidazole rings is 1. The van der Waals surface area contributed by atoms with Crippen LogP contribution in [-0.4, -0.2) is 53.3 Å². The third-order valence-corrected chi connectivity index (χ3v) is 7.24. The molecule has 4 heterocycles. The van der Waals surface area contributed by atoms with Crippen LogP contribution in [0.5, 0.6) is 11.6 Å². The van der Waals surface area contributed by atoms with E-state index in [0.29, 0.717) is 45.3 Å². The molecule has 1 fully saturated rings. The first-order valence-corrected chi connectivity index (χ1v) is 13.5. The molecule has 6 rings (SSSR count). The van der Waals surface area contributed by atoms with Crippen LogP contribution in [0.1, 0.15) is 55.6 Å². The predicted molar refractivity (Wildman–Crippen MR) is 150 cm³/mol. The number of nitrogens with zero attached hydrogens (tertiary/aromatic N) is 8. The molecule has 0 amide bonds. The molecule has 222 valence electrons. The number of aromatic nitrogens is 8. The fourth-order valence-corrected chi connectivity index (χ4v) is 4.97. The van der Waals surface area contributed by atoms with Gasteiger partial charge in [-0.2, -0.15) is 13.2 Å². The first kappa shape index (κ1) is 28.2. The average Bonchev–Trinajstić information content (AvgIpc) is 3.74. The van der Waals surface area contributed by atoms with Gasteiger partial charge < -0.3 is 14.0 Å². The van der Waals surface area contributed by atoms with Crippen LogP contribution >= 0.6 is 0 Å². The van der Waals surface area contributed by atoms with Crippen molar-refractivity contribution in [2.24, 2.45) is 0 Å². The van der Waals surface area contributed by atoms with Gasteiger partial charge >= 0.3 is 6.18 Å². The number of halogens is 3. The minimum absolute atomic E-state index is 0.0786. The third-order valence-electron chi connectivity index (χ3n) is 7.24. The van der Waals surface area contributed by atoms with Gasteiger partial charge in [0, 0.05) is 18.2 Å². The molecule has 0 saturated heterocycles. The molecule has 4 aromatic heterocycles. The maximum absolute atomic E-state index is 13.5. The van der Waals surface area contributed by atoms with Crippen LogP contribution < -0.4 is 15.0 Å². The lowest BCUT2D eigenvalue weighted by Crippen LogP contribution is -2.22. The first-order valence-electron chi connectivity index (χ1n) is 13.5. The highest BCUT2D eigenvalue weighted by molar-refractivity contribution is 5.75. The predicted octanol–water partition coefficient (Wildman–Crippen LogP) is 5.05. The van der Waals surface area contributed by atoms with Gasteiger partial charge in [-0.25, -0.2) is 29.9 Å². The van der Waals surface area contributed by atoms with E-state index in [9.17, 15) is 18.0 Å². The van der Waals surface area contributed by atoms with Gasteiger partial charge in [-0.1, -0.05) is 6.07 Å². The summed E-state index contributed by atoms with van der Waals surface area (Å²) < 4.78 is 54.5. The maximum Gasteiger partial charge on any atom is 0.434 e. The zero-order chi connectivity index (χ0) is 30.5. The fourth-order valence-electron chi connectivity index (χ4n) is 4.97. The number of ether oxygens (including phenoxy) is 2. The summed E-state index contributed by atoms with van der Waals surface area (Å²) in [6, 6.07) is 4.73. The number of methoxy groups -OCH3 is 2. The average molecular weight is 593 g/mol. The second kappa shape index (κ2) is 10.7. The van der Waals surface area contributed by atoms with E-state index >= 15 is 0 Å². The monoisotopic (exact) mass is 592 g/mol. The Balaban J connectivity index is 1.43. The molecule has 1 saturated carbocycles. The minimum atomic E-state index is -4.60. The summed E-state index contributed by atoms with van der Waals surface area (Å²) in [7, 11) is 2.94. The van der Waals surface area contributed by atoms with E-state index in [1.807, 2.05) is 0 Å². The number of alkyl halides is 3. The van der Waals surface area contributed by atoms with Crippen molar-refractivity contribution in [1.82, 2.24) is 39.0 Å². The molecule has 0 spiro atoms. The van der Waals surface area contributed by atoms with E-state index in [1.54, 1.807) is 32.0 Å². The summed E-state index contributed by atoms with van der Waals surface area (Å²) in [5.41, 5.74) is 1.69. The summed E-state index contributed by atoms with van der Waals surface area (Å²) in [6.07, 6.45) is 2.54. The summed E-state index contributed by atoms with van der Waals surface area (Å²) >= 11 is 0. The van der Waals surface area contributed by atoms with E-state index in [2.05, 4.69) is 24.9 Å². The molecule has 5 aromatic rings. The Kier molecular flexibility index (Phi) is 7.06. The quantitative estimate of drug-likeness (QED) is 0.244. The molecule has 1 aliphatic carbocycles. The van der Waals surface area contributed by atoms with Gasteiger partial charge in [0.15, 0.2) is 17.2 Å². The molecule has 0 bridgehead atoms. The molecular weight excluding hydrogens is 565 g/mol.